The van der Waals surface area contributed by atoms with Crippen molar-refractivity contribution in [3.63, 3.8) is 0 Å². The quantitative estimate of drug-likeness (QED) is 0.622. The van der Waals surface area contributed by atoms with Crippen molar-refractivity contribution in [2.24, 2.45) is 5.92 Å². The lowest BCUT2D eigenvalue weighted by molar-refractivity contribution is -0.102. The van der Waals surface area contributed by atoms with Crippen LogP contribution in [0.4, 0.5) is 0 Å². The summed E-state index contributed by atoms with van der Waals surface area (Å²) in [6.07, 6.45) is 0.0578. The Morgan fingerprint density at radius 1 is 0.962 bits per heavy atom. The smallest absolute Gasteiger partial charge is 0.115 e. The van der Waals surface area contributed by atoms with Crippen LogP contribution in [0.1, 0.15) is 41.5 Å². The van der Waals surface area contributed by atoms with E-state index in [-0.39, 0.29) is 0 Å². The van der Waals surface area contributed by atoms with E-state index >= 15 is 0 Å². The van der Waals surface area contributed by atoms with Crippen LogP contribution in [0.5, 0.6) is 0 Å². The zero-order valence-electron chi connectivity index (χ0n) is 14.8. The zero-order valence-corrected chi connectivity index (χ0v) is 14.8. The van der Waals surface area contributed by atoms with Crippen molar-refractivity contribution in [3.8, 4) is 0 Å². The summed E-state index contributed by atoms with van der Waals surface area (Å²) in [5.41, 5.74) is 2.90. The van der Waals surface area contributed by atoms with E-state index in [0.717, 1.165) is 11.3 Å². The highest BCUT2D eigenvalue weighted by Gasteiger charge is 2.38. The van der Waals surface area contributed by atoms with E-state index in [9.17, 15) is 20.4 Å². The van der Waals surface area contributed by atoms with E-state index in [1.54, 1.807) is 37.3 Å². The lowest BCUT2D eigenvalue weighted by Crippen LogP contribution is -2.45. The molecule has 1 unspecified atom stereocenters. The molecule has 2 aromatic rings. The van der Waals surface area contributed by atoms with Gasteiger partial charge in [-0.25, -0.2) is 9.97 Å². The average molecular weight is 356 g/mol. The van der Waals surface area contributed by atoms with Crippen LogP contribution in [0.15, 0.2) is 42.7 Å². The fourth-order valence-corrected chi connectivity index (χ4v) is 3.41. The number of hydrogen-bond acceptors (Lipinski definition) is 6. The summed E-state index contributed by atoms with van der Waals surface area (Å²) in [6.45, 7) is 3.49. The molecule has 138 valence electrons. The van der Waals surface area contributed by atoms with Crippen molar-refractivity contribution in [1.29, 1.82) is 0 Å². The molecule has 0 amide bonds. The number of fused-ring (bicyclic) bond motifs is 1. The molecule has 0 spiro atoms. The Labute approximate surface area is 152 Å². The van der Waals surface area contributed by atoms with Crippen LogP contribution in [0.2, 0.25) is 0 Å². The molecule has 26 heavy (non-hydrogen) atoms. The zero-order chi connectivity index (χ0) is 18.8. The van der Waals surface area contributed by atoms with Crippen LogP contribution >= 0.6 is 0 Å². The van der Waals surface area contributed by atoms with Gasteiger partial charge in [-0.05, 0) is 12.5 Å². The molecule has 6 nitrogen and oxygen atoms in total. The molecule has 6 atom stereocenters. The number of hydrogen-bond donors (Lipinski definition) is 4. The molecule has 1 aliphatic carbocycles. The molecule has 0 saturated heterocycles. The summed E-state index contributed by atoms with van der Waals surface area (Å²) in [4.78, 5) is 8.34. The summed E-state index contributed by atoms with van der Waals surface area (Å²) in [5, 5.41) is 42.1. The predicted molar refractivity (Wildman–Crippen MR) is 97.1 cm³/mol. The van der Waals surface area contributed by atoms with Crippen molar-refractivity contribution in [2.75, 3.05) is 0 Å². The number of aryl methyl sites for hydroxylation is 1. The monoisotopic (exact) mass is 356 g/mol. The molecule has 1 aromatic carbocycles. The van der Waals surface area contributed by atoms with Crippen molar-refractivity contribution in [2.45, 2.75) is 44.2 Å². The Balaban J connectivity index is 1.74. The molecule has 0 saturated carbocycles. The molecular formula is C20H24N2O4. The van der Waals surface area contributed by atoms with E-state index in [4.69, 9.17) is 0 Å². The van der Waals surface area contributed by atoms with Gasteiger partial charge in [-0.3, -0.25) is 0 Å². The standard InChI is InChI=1S/C20H24N2O4/c1-11(17(23)13-6-4-3-5-7-13)18(24)20(26)19(25)15-9-8-14-12(2)21-10-22-16(14)15/h3-11,15,17-20,23-26H,1-2H3/t11-,15?,17-,18-,19+,20-/m1/s1. The third-order valence-electron chi connectivity index (χ3n) is 5.15. The van der Waals surface area contributed by atoms with Crippen molar-refractivity contribution in [3.05, 3.63) is 65.2 Å². The molecule has 3 rings (SSSR count). The predicted octanol–water partition coefficient (Wildman–Crippen LogP) is 1.35. The maximum atomic E-state index is 10.6. The van der Waals surface area contributed by atoms with Gasteiger partial charge in [0.05, 0.1) is 24.0 Å². The van der Waals surface area contributed by atoms with Crippen LogP contribution < -0.4 is 0 Å². The van der Waals surface area contributed by atoms with Gasteiger partial charge in [-0.15, -0.1) is 0 Å². The SMILES string of the molecule is Cc1ncnc2c1C=CC2[C@H](O)[C@H](O)[C@H](O)[C@H](C)[C@@H](O)c1ccccc1. The minimum absolute atomic E-state index is 0.530. The topological polar surface area (TPSA) is 107 Å². The van der Waals surface area contributed by atoms with E-state index < -0.39 is 36.3 Å². The van der Waals surface area contributed by atoms with E-state index in [2.05, 4.69) is 9.97 Å². The highest BCUT2D eigenvalue weighted by Crippen LogP contribution is 2.35. The number of benzene rings is 1. The van der Waals surface area contributed by atoms with Crippen molar-refractivity contribution >= 4 is 6.08 Å². The Bertz CT molecular complexity index is 781. The number of aliphatic hydroxyl groups is 4. The van der Waals surface area contributed by atoms with Crippen molar-refractivity contribution < 1.29 is 20.4 Å². The normalized spacial score (nSPS) is 21.7. The third kappa shape index (κ3) is 3.41. The molecular weight excluding hydrogens is 332 g/mol. The van der Waals surface area contributed by atoms with Gasteiger partial charge in [0, 0.05) is 23.1 Å². The molecule has 0 radical (unpaired) electrons. The Morgan fingerprint density at radius 2 is 1.65 bits per heavy atom. The Hall–Kier alpha value is -2.12. The second-order valence-corrected chi connectivity index (χ2v) is 6.83. The van der Waals surface area contributed by atoms with Gasteiger partial charge in [0.1, 0.15) is 12.4 Å². The lowest BCUT2D eigenvalue weighted by Gasteiger charge is -2.32. The Morgan fingerprint density at radius 3 is 2.35 bits per heavy atom. The van der Waals surface area contributed by atoms with Gasteiger partial charge < -0.3 is 20.4 Å². The molecule has 0 bridgehead atoms. The molecule has 6 heteroatoms. The van der Waals surface area contributed by atoms with Crippen LogP contribution in [-0.4, -0.2) is 48.7 Å². The fourth-order valence-electron chi connectivity index (χ4n) is 3.41. The minimum atomic E-state index is -1.43. The first-order chi connectivity index (χ1) is 12.4. The first-order valence-corrected chi connectivity index (χ1v) is 8.68. The molecule has 0 aliphatic heterocycles. The highest BCUT2D eigenvalue weighted by molar-refractivity contribution is 5.62. The summed E-state index contributed by atoms with van der Waals surface area (Å²) in [6, 6.07) is 8.94. The maximum Gasteiger partial charge on any atom is 0.115 e. The Kier molecular flexibility index (Phi) is 5.48. The first kappa shape index (κ1) is 18.7. The first-order valence-electron chi connectivity index (χ1n) is 8.68. The number of aromatic nitrogens is 2. The average Bonchev–Trinajstić information content (AvgIpc) is 3.11. The summed E-state index contributed by atoms with van der Waals surface area (Å²) < 4.78 is 0. The summed E-state index contributed by atoms with van der Waals surface area (Å²) >= 11 is 0. The summed E-state index contributed by atoms with van der Waals surface area (Å²) in [7, 11) is 0. The fraction of sp³-hybridized carbons (Fsp3) is 0.400. The third-order valence-corrected chi connectivity index (χ3v) is 5.15. The number of aliphatic hydroxyl groups excluding tert-OH is 4. The highest BCUT2D eigenvalue weighted by atomic mass is 16.4. The van der Waals surface area contributed by atoms with Gasteiger partial charge in [-0.1, -0.05) is 49.4 Å². The lowest BCUT2D eigenvalue weighted by atomic mass is 9.85. The molecule has 4 N–H and O–H groups in total. The van der Waals surface area contributed by atoms with Crippen LogP contribution in [0.3, 0.4) is 0 Å². The van der Waals surface area contributed by atoms with Crippen LogP contribution in [-0.2, 0) is 0 Å². The van der Waals surface area contributed by atoms with Gasteiger partial charge in [0.15, 0.2) is 0 Å². The van der Waals surface area contributed by atoms with Crippen molar-refractivity contribution in [1.82, 2.24) is 9.97 Å². The molecule has 0 fully saturated rings. The summed E-state index contributed by atoms with van der Waals surface area (Å²) in [5.74, 6) is -1.20. The van der Waals surface area contributed by atoms with E-state index in [1.807, 2.05) is 19.1 Å². The molecule has 1 heterocycles. The van der Waals surface area contributed by atoms with Gasteiger partial charge in [0.25, 0.3) is 0 Å². The molecule has 1 aromatic heterocycles. The number of nitrogens with zero attached hydrogens (tertiary/aromatic N) is 2. The molecule has 1 aliphatic rings. The van der Waals surface area contributed by atoms with Gasteiger partial charge in [0.2, 0.25) is 0 Å². The largest absolute Gasteiger partial charge is 0.390 e. The maximum absolute atomic E-state index is 10.6. The van der Waals surface area contributed by atoms with E-state index in [1.165, 1.54) is 6.33 Å². The second kappa shape index (κ2) is 7.63. The second-order valence-electron chi connectivity index (χ2n) is 6.83. The van der Waals surface area contributed by atoms with Crippen LogP contribution in [0.25, 0.3) is 6.08 Å². The number of rotatable bonds is 6. The van der Waals surface area contributed by atoms with Gasteiger partial charge in [-0.2, -0.15) is 0 Å². The van der Waals surface area contributed by atoms with Crippen LogP contribution in [0, 0.1) is 12.8 Å². The van der Waals surface area contributed by atoms with E-state index in [0.29, 0.717) is 11.3 Å². The van der Waals surface area contributed by atoms with Gasteiger partial charge >= 0.3 is 0 Å². The minimum Gasteiger partial charge on any atom is -0.390 e.